The molecular formula is C33H46F2O. The summed E-state index contributed by atoms with van der Waals surface area (Å²) >= 11 is 0. The molecule has 0 spiro atoms. The standard InChI is InChI=1S/C33H46F2O/c1-3-4-5-6-24-11-14-27(15-12-24)29-19-20-31(33(35)21-29)30-18-17-28(32(34)22-30)16-13-25-7-9-26(10-8-25)23-36-2/h17-22,24-27H,3-16,23H2,1-2H3. The summed E-state index contributed by atoms with van der Waals surface area (Å²) in [5, 5.41) is 0. The van der Waals surface area contributed by atoms with E-state index in [0.717, 1.165) is 49.3 Å². The van der Waals surface area contributed by atoms with Gasteiger partial charge in [0.1, 0.15) is 11.6 Å². The molecule has 0 atom stereocenters. The molecule has 2 aliphatic rings. The number of aryl methyl sites for hydroxylation is 1. The smallest absolute Gasteiger partial charge is 0.131 e. The monoisotopic (exact) mass is 496 g/mol. The van der Waals surface area contributed by atoms with E-state index in [-0.39, 0.29) is 11.6 Å². The normalized spacial score (nSPS) is 24.7. The zero-order chi connectivity index (χ0) is 25.3. The van der Waals surface area contributed by atoms with Crippen molar-refractivity contribution >= 4 is 0 Å². The average molecular weight is 497 g/mol. The van der Waals surface area contributed by atoms with E-state index in [1.165, 1.54) is 70.3 Å². The Morgan fingerprint density at radius 3 is 2.11 bits per heavy atom. The largest absolute Gasteiger partial charge is 0.384 e. The summed E-state index contributed by atoms with van der Waals surface area (Å²) < 4.78 is 35.4. The van der Waals surface area contributed by atoms with Gasteiger partial charge in [0.05, 0.1) is 0 Å². The van der Waals surface area contributed by atoms with Crippen molar-refractivity contribution in [2.75, 3.05) is 13.7 Å². The molecule has 36 heavy (non-hydrogen) atoms. The Morgan fingerprint density at radius 1 is 0.750 bits per heavy atom. The zero-order valence-corrected chi connectivity index (χ0v) is 22.5. The first-order valence-corrected chi connectivity index (χ1v) is 14.6. The fraction of sp³-hybridized carbons (Fsp3) is 0.636. The first-order chi connectivity index (χ1) is 17.6. The van der Waals surface area contributed by atoms with Crippen LogP contribution in [0.25, 0.3) is 11.1 Å². The van der Waals surface area contributed by atoms with E-state index < -0.39 is 0 Å². The van der Waals surface area contributed by atoms with Gasteiger partial charge < -0.3 is 4.74 Å². The van der Waals surface area contributed by atoms with Gasteiger partial charge in [0.2, 0.25) is 0 Å². The Hall–Kier alpha value is -1.74. The Bertz CT molecular complexity index is 939. The third-order valence-corrected chi connectivity index (χ3v) is 9.08. The minimum atomic E-state index is -0.225. The molecule has 2 fully saturated rings. The van der Waals surface area contributed by atoms with Crippen molar-refractivity contribution in [1.29, 1.82) is 0 Å². The van der Waals surface area contributed by atoms with Gasteiger partial charge in [-0.2, -0.15) is 0 Å². The third-order valence-electron chi connectivity index (χ3n) is 9.08. The van der Waals surface area contributed by atoms with Crippen LogP contribution in [0.2, 0.25) is 0 Å². The summed E-state index contributed by atoms with van der Waals surface area (Å²) in [6.07, 6.45) is 16.8. The van der Waals surface area contributed by atoms with Crippen LogP contribution in [0.4, 0.5) is 8.78 Å². The summed E-state index contributed by atoms with van der Waals surface area (Å²) in [6, 6.07) is 11.0. The molecule has 0 N–H and O–H groups in total. The second-order valence-electron chi connectivity index (χ2n) is 11.6. The molecule has 4 rings (SSSR count). The van der Waals surface area contributed by atoms with Crippen molar-refractivity contribution in [3.8, 4) is 11.1 Å². The molecule has 3 heteroatoms. The van der Waals surface area contributed by atoms with E-state index in [1.54, 1.807) is 13.2 Å². The lowest BCUT2D eigenvalue weighted by atomic mass is 9.77. The molecule has 0 amide bonds. The molecule has 0 saturated heterocycles. The molecule has 0 radical (unpaired) electrons. The predicted molar refractivity (Wildman–Crippen MR) is 146 cm³/mol. The first kappa shape index (κ1) is 27.3. The van der Waals surface area contributed by atoms with Crippen LogP contribution in [0.3, 0.4) is 0 Å². The second-order valence-corrected chi connectivity index (χ2v) is 11.6. The Labute approximate surface area is 218 Å². The lowest BCUT2D eigenvalue weighted by Gasteiger charge is -2.29. The SMILES string of the molecule is CCCCCC1CCC(c2ccc(-c3ccc(CCC4CCC(COC)CC4)c(F)c3)c(F)c2)CC1. The first-order valence-electron chi connectivity index (χ1n) is 14.6. The van der Waals surface area contributed by atoms with Crippen molar-refractivity contribution in [2.45, 2.75) is 103 Å². The van der Waals surface area contributed by atoms with Crippen LogP contribution in [0, 0.1) is 29.4 Å². The molecule has 0 aromatic heterocycles. The van der Waals surface area contributed by atoms with Gasteiger partial charge in [-0.1, -0.05) is 69.7 Å². The highest BCUT2D eigenvalue weighted by Crippen LogP contribution is 2.39. The highest BCUT2D eigenvalue weighted by Gasteiger charge is 2.24. The van der Waals surface area contributed by atoms with Gasteiger partial charge in [0.15, 0.2) is 0 Å². The Kier molecular flexibility index (Phi) is 10.4. The van der Waals surface area contributed by atoms with Gasteiger partial charge in [0, 0.05) is 19.3 Å². The number of unbranched alkanes of at least 4 members (excludes halogenated alkanes) is 2. The number of hydrogen-bond acceptors (Lipinski definition) is 1. The predicted octanol–water partition coefficient (Wildman–Crippen LogP) is 9.87. The molecule has 2 aliphatic carbocycles. The van der Waals surface area contributed by atoms with Crippen LogP contribution in [0.1, 0.15) is 107 Å². The van der Waals surface area contributed by atoms with Crippen molar-refractivity contribution in [1.82, 2.24) is 0 Å². The van der Waals surface area contributed by atoms with Crippen molar-refractivity contribution < 1.29 is 13.5 Å². The van der Waals surface area contributed by atoms with Crippen LogP contribution in [-0.4, -0.2) is 13.7 Å². The number of ether oxygens (including phenoxy) is 1. The molecule has 0 aliphatic heterocycles. The number of hydrogen-bond donors (Lipinski definition) is 0. The maximum atomic E-state index is 15.2. The van der Waals surface area contributed by atoms with Crippen molar-refractivity contribution in [2.24, 2.45) is 17.8 Å². The molecular weight excluding hydrogens is 450 g/mol. The summed E-state index contributed by atoms with van der Waals surface area (Å²) in [4.78, 5) is 0. The zero-order valence-electron chi connectivity index (χ0n) is 22.5. The van der Waals surface area contributed by atoms with Gasteiger partial charge >= 0.3 is 0 Å². The molecule has 0 unspecified atom stereocenters. The van der Waals surface area contributed by atoms with E-state index in [0.29, 0.717) is 28.9 Å². The van der Waals surface area contributed by atoms with Crippen LogP contribution in [0.5, 0.6) is 0 Å². The summed E-state index contributed by atoms with van der Waals surface area (Å²) in [5.41, 5.74) is 3.01. The topological polar surface area (TPSA) is 9.23 Å². The molecule has 2 saturated carbocycles. The highest BCUT2D eigenvalue weighted by atomic mass is 19.1. The van der Waals surface area contributed by atoms with Crippen LogP contribution in [-0.2, 0) is 11.2 Å². The van der Waals surface area contributed by atoms with Gasteiger partial charge in [-0.3, -0.25) is 0 Å². The lowest BCUT2D eigenvalue weighted by molar-refractivity contribution is 0.117. The summed E-state index contributed by atoms with van der Waals surface area (Å²) in [5.74, 6) is 2.24. The molecule has 198 valence electrons. The minimum Gasteiger partial charge on any atom is -0.384 e. The molecule has 1 nitrogen and oxygen atoms in total. The summed E-state index contributed by atoms with van der Waals surface area (Å²) in [7, 11) is 1.78. The van der Waals surface area contributed by atoms with E-state index in [9.17, 15) is 4.39 Å². The van der Waals surface area contributed by atoms with Gasteiger partial charge in [-0.15, -0.1) is 0 Å². The highest BCUT2D eigenvalue weighted by molar-refractivity contribution is 5.65. The van der Waals surface area contributed by atoms with Crippen LogP contribution >= 0.6 is 0 Å². The Balaban J connectivity index is 1.31. The summed E-state index contributed by atoms with van der Waals surface area (Å²) in [6.45, 7) is 3.12. The maximum Gasteiger partial charge on any atom is 0.131 e. The van der Waals surface area contributed by atoms with Crippen LogP contribution < -0.4 is 0 Å². The van der Waals surface area contributed by atoms with Crippen LogP contribution in [0.15, 0.2) is 36.4 Å². The number of methoxy groups -OCH3 is 1. The van der Waals surface area contributed by atoms with Gasteiger partial charge in [0.25, 0.3) is 0 Å². The third kappa shape index (κ3) is 7.40. The number of rotatable bonds is 11. The fourth-order valence-electron chi connectivity index (χ4n) is 6.69. The molecule has 2 aromatic rings. The van der Waals surface area contributed by atoms with Gasteiger partial charge in [-0.25, -0.2) is 8.78 Å². The number of halogens is 2. The van der Waals surface area contributed by atoms with E-state index >= 15 is 4.39 Å². The molecule has 2 aromatic carbocycles. The van der Waals surface area contributed by atoms with Crippen molar-refractivity contribution in [3.63, 3.8) is 0 Å². The fourth-order valence-corrected chi connectivity index (χ4v) is 6.69. The van der Waals surface area contributed by atoms with E-state index in [4.69, 9.17) is 4.74 Å². The molecule has 0 heterocycles. The van der Waals surface area contributed by atoms with Crippen molar-refractivity contribution in [3.05, 3.63) is 59.2 Å². The number of benzene rings is 2. The van der Waals surface area contributed by atoms with Gasteiger partial charge in [-0.05, 0) is 104 Å². The lowest BCUT2D eigenvalue weighted by Crippen LogP contribution is -2.18. The average Bonchev–Trinajstić information content (AvgIpc) is 2.89. The maximum absolute atomic E-state index is 15.2. The second kappa shape index (κ2) is 13.7. The molecule has 0 bridgehead atoms. The Morgan fingerprint density at radius 2 is 1.44 bits per heavy atom. The van der Waals surface area contributed by atoms with E-state index in [2.05, 4.69) is 13.0 Å². The minimum absolute atomic E-state index is 0.203. The van der Waals surface area contributed by atoms with E-state index in [1.807, 2.05) is 18.2 Å². The quantitative estimate of drug-likeness (QED) is 0.281.